The van der Waals surface area contributed by atoms with Gasteiger partial charge in [-0.1, -0.05) is 15.9 Å². The molecule has 0 atom stereocenters. The van der Waals surface area contributed by atoms with Crippen LogP contribution in [0, 0.1) is 0 Å². The molecule has 0 saturated heterocycles. The first kappa shape index (κ1) is 11.5. The molecule has 1 aliphatic carbocycles. The third-order valence-electron chi connectivity index (χ3n) is 2.74. The average molecular weight is 285 g/mol. The number of rotatable bonds is 3. The summed E-state index contributed by atoms with van der Waals surface area (Å²) in [5.41, 5.74) is 1.67. The molecule has 0 aromatic heterocycles. The quantitative estimate of drug-likeness (QED) is 0.800. The highest BCUT2D eigenvalue weighted by Gasteiger charge is 2.27. The van der Waals surface area contributed by atoms with Crippen molar-refractivity contribution in [1.82, 2.24) is 0 Å². The lowest BCUT2D eigenvalue weighted by Gasteiger charge is -2.11. The van der Waals surface area contributed by atoms with Crippen molar-refractivity contribution in [2.75, 3.05) is 14.2 Å². The van der Waals surface area contributed by atoms with E-state index < -0.39 is 0 Å². The number of carbonyl (C=O) groups excluding carboxylic acids is 1. The van der Waals surface area contributed by atoms with Gasteiger partial charge < -0.3 is 9.47 Å². The third kappa shape index (κ3) is 2.07. The van der Waals surface area contributed by atoms with Crippen LogP contribution in [0.3, 0.4) is 0 Å². The second-order valence-corrected chi connectivity index (χ2v) is 4.69. The zero-order valence-corrected chi connectivity index (χ0v) is 10.8. The number of halogens is 1. The molecule has 1 saturated carbocycles. The molecule has 16 heavy (non-hydrogen) atoms. The van der Waals surface area contributed by atoms with Gasteiger partial charge in [0.25, 0.3) is 0 Å². The monoisotopic (exact) mass is 284 g/mol. The molecular weight excluding hydrogens is 272 g/mol. The lowest BCUT2D eigenvalue weighted by Crippen LogP contribution is -2.05. The van der Waals surface area contributed by atoms with E-state index in [4.69, 9.17) is 9.47 Å². The number of ether oxygens (including phenoxy) is 2. The first-order chi connectivity index (χ1) is 7.67. The third-order valence-corrected chi connectivity index (χ3v) is 3.43. The normalized spacial score (nSPS) is 14.7. The number of benzene rings is 1. The van der Waals surface area contributed by atoms with E-state index in [9.17, 15) is 4.79 Å². The number of carbonyl (C=O) groups is 1. The summed E-state index contributed by atoms with van der Waals surface area (Å²) in [6.07, 6.45) is 2.42. The van der Waals surface area contributed by atoms with Crippen LogP contribution in [0.15, 0.2) is 16.6 Å². The van der Waals surface area contributed by atoms with Crippen LogP contribution < -0.4 is 4.74 Å². The van der Waals surface area contributed by atoms with Crippen LogP contribution >= 0.6 is 15.9 Å². The van der Waals surface area contributed by atoms with E-state index in [-0.39, 0.29) is 5.97 Å². The minimum atomic E-state index is -0.375. The summed E-state index contributed by atoms with van der Waals surface area (Å²) in [5, 5.41) is 0. The summed E-state index contributed by atoms with van der Waals surface area (Å²) in [7, 11) is 2.93. The maximum atomic E-state index is 11.5. The second-order valence-electron chi connectivity index (χ2n) is 3.84. The maximum Gasteiger partial charge on any atom is 0.341 e. The molecule has 1 fully saturated rings. The Morgan fingerprint density at radius 2 is 2.06 bits per heavy atom. The first-order valence-electron chi connectivity index (χ1n) is 5.13. The molecule has 0 aliphatic heterocycles. The zero-order valence-electron chi connectivity index (χ0n) is 9.25. The van der Waals surface area contributed by atoms with Gasteiger partial charge in [-0.3, -0.25) is 0 Å². The van der Waals surface area contributed by atoms with Crippen LogP contribution in [-0.4, -0.2) is 20.2 Å². The predicted molar refractivity (Wildman–Crippen MR) is 64.0 cm³/mol. The summed E-state index contributed by atoms with van der Waals surface area (Å²) in [6, 6.07) is 3.70. The van der Waals surface area contributed by atoms with Crippen LogP contribution in [0.5, 0.6) is 5.75 Å². The Labute approximate surface area is 103 Å². The highest BCUT2D eigenvalue weighted by atomic mass is 79.9. The molecule has 1 aromatic rings. The van der Waals surface area contributed by atoms with Crippen LogP contribution in [0.4, 0.5) is 0 Å². The van der Waals surface area contributed by atoms with Crippen LogP contribution in [0.1, 0.15) is 34.7 Å². The van der Waals surface area contributed by atoms with Gasteiger partial charge in [0, 0.05) is 4.47 Å². The van der Waals surface area contributed by atoms with E-state index in [1.54, 1.807) is 13.2 Å². The molecule has 1 aliphatic rings. The van der Waals surface area contributed by atoms with Crippen molar-refractivity contribution in [3.63, 3.8) is 0 Å². The number of esters is 1. The molecule has 0 amide bonds. The Morgan fingerprint density at radius 3 is 2.56 bits per heavy atom. The van der Waals surface area contributed by atoms with Gasteiger partial charge in [-0.25, -0.2) is 4.79 Å². The topological polar surface area (TPSA) is 35.5 Å². The molecular formula is C12H13BrO3. The lowest BCUT2D eigenvalue weighted by molar-refractivity contribution is 0.0597. The van der Waals surface area contributed by atoms with Crippen molar-refractivity contribution in [3.8, 4) is 5.75 Å². The van der Waals surface area contributed by atoms with Crippen molar-refractivity contribution < 1.29 is 14.3 Å². The summed E-state index contributed by atoms with van der Waals surface area (Å²) in [4.78, 5) is 11.5. The molecule has 86 valence electrons. The Hall–Kier alpha value is -1.03. The Balaban J connectivity index is 2.45. The predicted octanol–water partition coefficient (Wildman–Crippen LogP) is 3.12. The molecule has 2 rings (SSSR count). The van der Waals surface area contributed by atoms with Crippen molar-refractivity contribution in [2.24, 2.45) is 0 Å². The molecule has 1 aromatic carbocycles. The standard InChI is InChI=1S/C12H13BrO3/c1-15-11-6-8(7-3-4-7)10(13)5-9(11)12(14)16-2/h5-7H,3-4H2,1-2H3. The highest BCUT2D eigenvalue weighted by Crippen LogP contribution is 2.45. The van der Waals surface area contributed by atoms with Gasteiger partial charge in [-0.05, 0) is 36.5 Å². The number of methoxy groups -OCH3 is 2. The molecule has 0 radical (unpaired) electrons. The molecule has 0 N–H and O–H groups in total. The summed E-state index contributed by atoms with van der Waals surface area (Å²) >= 11 is 3.49. The van der Waals surface area contributed by atoms with Crippen molar-refractivity contribution in [3.05, 3.63) is 27.7 Å². The van der Waals surface area contributed by atoms with Crippen molar-refractivity contribution in [2.45, 2.75) is 18.8 Å². The van der Waals surface area contributed by atoms with Crippen molar-refractivity contribution in [1.29, 1.82) is 0 Å². The van der Waals surface area contributed by atoms with Crippen molar-refractivity contribution >= 4 is 21.9 Å². The summed E-state index contributed by atoms with van der Waals surface area (Å²) < 4.78 is 10.9. The average Bonchev–Trinajstić information content (AvgIpc) is 3.11. The Bertz CT molecular complexity index is 425. The minimum absolute atomic E-state index is 0.375. The smallest absolute Gasteiger partial charge is 0.341 e. The second kappa shape index (κ2) is 4.45. The van der Waals surface area contributed by atoms with Gasteiger partial charge >= 0.3 is 5.97 Å². The molecule has 0 unspecified atom stereocenters. The van der Waals surface area contributed by atoms with Gasteiger partial charge in [-0.15, -0.1) is 0 Å². The zero-order chi connectivity index (χ0) is 11.7. The van der Waals surface area contributed by atoms with Gasteiger partial charge in [0.15, 0.2) is 0 Å². The minimum Gasteiger partial charge on any atom is -0.496 e. The molecule has 0 spiro atoms. The molecule has 4 heteroatoms. The Morgan fingerprint density at radius 1 is 1.38 bits per heavy atom. The van der Waals surface area contributed by atoms with E-state index in [2.05, 4.69) is 15.9 Å². The maximum absolute atomic E-state index is 11.5. The van der Waals surface area contributed by atoms with E-state index in [1.165, 1.54) is 25.5 Å². The van der Waals surface area contributed by atoms with E-state index in [1.807, 2.05) is 6.07 Å². The van der Waals surface area contributed by atoms with Crippen LogP contribution in [0.2, 0.25) is 0 Å². The highest BCUT2D eigenvalue weighted by molar-refractivity contribution is 9.10. The van der Waals surface area contributed by atoms with Gasteiger partial charge in [0.2, 0.25) is 0 Å². The van der Waals surface area contributed by atoms with E-state index in [0.717, 1.165) is 4.47 Å². The van der Waals surface area contributed by atoms with Gasteiger partial charge in [0.05, 0.1) is 14.2 Å². The van der Waals surface area contributed by atoms with E-state index >= 15 is 0 Å². The fourth-order valence-electron chi connectivity index (χ4n) is 1.71. The lowest BCUT2D eigenvalue weighted by atomic mass is 10.1. The van der Waals surface area contributed by atoms with Gasteiger partial charge in [0.1, 0.15) is 11.3 Å². The molecule has 0 bridgehead atoms. The molecule has 3 nitrogen and oxygen atoms in total. The fraction of sp³-hybridized carbons (Fsp3) is 0.417. The molecule has 0 heterocycles. The SMILES string of the molecule is COC(=O)c1cc(Br)c(C2CC2)cc1OC. The first-order valence-corrected chi connectivity index (χ1v) is 5.92. The summed E-state index contributed by atoms with van der Waals surface area (Å²) in [5.74, 6) is 0.812. The number of hydrogen-bond donors (Lipinski definition) is 0. The summed E-state index contributed by atoms with van der Waals surface area (Å²) in [6.45, 7) is 0. The fourth-order valence-corrected chi connectivity index (χ4v) is 2.38. The Kier molecular flexibility index (Phi) is 3.19. The number of hydrogen-bond acceptors (Lipinski definition) is 3. The largest absolute Gasteiger partial charge is 0.496 e. The van der Waals surface area contributed by atoms with Crippen LogP contribution in [0.25, 0.3) is 0 Å². The van der Waals surface area contributed by atoms with Crippen LogP contribution in [-0.2, 0) is 4.74 Å². The van der Waals surface area contributed by atoms with E-state index in [0.29, 0.717) is 17.2 Å². The van der Waals surface area contributed by atoms with Gasteiger partial charge in [-0.2, -0.15) is 0 Å².